The fraction of sp³-hybridized carbons (Fsp3) is 0.535. The van der Waals surface area contributed by atoms with Crippen molar-refractivity contribution in [3.8, 4) is 0 Å². The highest BCUT2D eigenvalue weighted by Crippen LogP contribution is 2.21. The van der Waals surface area contributed by atoms with Crippen LogP contribution >= 0.6 is 0 Å². The van der Waals surface area contributed by atoms with Crippen molar-refractivity contribution in [3.05, 3.63) is 108 Å². The van der Waals surface area contributed by atoms with Crippen LogP contribution in [0.1, 0.15) is 127 Å². The highest BCUT2D eigenvalue weighted by Gasteiger charge is 2.40. The molecule has 588 valence electrons. The second-order valence-electron chi connectivity index (χ2n) is 26.7. The molecule has 1 aliphatic rings. The van der Waals surface area contributed by atoms with Crippen LogP contribution in [-0.4, -0.2) is 199 Å². The molecule has 107 heavy (non-hydrogen) atoms. The van der Waals surface area contributed by atoms with E-state index in [1.807, 2.05) is 30.3 Å². The molecule has 4 rings (SSSR count). The summed E-state index contributed by atoms with van der Waals surface area (Å²) < 4.78 is 0. The number of rotatable bonds is 48. The number of nitrogens with one attached hydrogen (secondary N) is 9. The molecular formula is C71H113N25O11. The molecule has 0 saturated carbocycles. The Morgan fingerprint density at radius 2 is 0.748 bits per heavy atom. The molecule has 0 spiro atoms. The van der Waals surface area contributed by atoms with Gasteiger partial charge >= 0.3 is 0 Å². The number of hydrogen-bond donors (Lipinski definition) is 20. The number of unbranched alkanes of at least 4 members (excludes halogenated alkanes) is 1. The molecule has 36 heteroatoms. The summed E-state index contributed by atoms with van der Waals surface area (Å²) >= 11 is 0. The zero-order valence-corrected chi connectivity index (χ0v) is 61.4. The van der Waals surface area contributed by atoms with Gasteiger partial charge in [0.05, 0.1) is 6.04 Å². The van der Waals surface area contributed by atoms with Crippen LogP contribution in [0.25, 0.3) is 0 Å². The summed E-state index contributed by atoms with van der Waals surface area (Å²) in [7, 11) is 0. The Morgan fingerprint density at radius 3 is 1.15 bits per heavy atom. The van der Waals surface area contributed by atoms with E-state index in [4.69, 9.17) is 63.1 Å². The van der Waals surface area contributed by atoms with Gasteiger partial charge < -0.3 is 116 Å². The van der Waals surface area contributed by atoms with Crippen molar-refractivity contribution >= 4 is 88.8 Å². The van der Waals surface area contributed by atoms with E-state index in [1.165, 1.54) is 11.8 Å². The summed E-state index contributed by atoms with van der Waals surface area (Å²) in [6, 6.07) is 12.6. The molecule has 0 radical (unpaired) electrons. The first-order valence-corrected chi connectivity index (χ1v) is 36.1. The lowest BCUT2D eigenvalue weighted by Gasteiger charge is -2.30. The molecule has 0 aromatic heterocycles. The van der Waals surface area contributed by atoms with Crippen LogP contribution in [0.4, 0.5) is 0 Å². The van der Waals surface area contributed by atoms with Gasteiger partial charge in [0, 0.05) is 45.6 Å². The molecular weight excluding hydrogens is 1380 g/mol. The minimum absolute atomic E-state index is 0.00516. The van der Waals surface area contributed by atoms with Crippen molar-refractivity contribution in [2.45, 2.75) is 196 Å². The summed E-state index contributed by atoms with van der Waals surface area (Å²) in [5.41, 5.74) is 64.7. The average molecular weight is 1490 g/mol. The first-order valence-electron chi connectivity index (χ1n) is 36.1. The second-order valence-corrected chi connectivity index (χ2v) is 26.7. The SMILES string of the molecule is CC(C)C[C@H](NC(=O)[C@H](CCCN=C(N)N)NC(=O)[C@H](Cc1ccccc1)NC(=O)[C@H](Cc1ccccc1)NC(=O)[C@@H](N)Cc1ccccc1)C(=O)N[C@@H](CCCN=C(N)N)C(=O)N[C@@H](CCCN=C(N)N)C(=O)N[C@H](C)C(=O)N[C@@H](CCCN=C(N)N)C(=O)N1CCC[C@H]1C(=O)N[C@@H](CCCCN)C(N)=O. The number of nitrogens with two attached hydrogens (primary N) is 11. The van der Waals surface area contributed by atoms with Crippen LogP contribution < -0.4 is 111 Å². The standard InChI is InChI=1S/C71H113N25O11/c1-42(2)38-53(94-62(102)51(29-17-35-85-70(79)80)91-64(104)55(41-46-24-11-6-12-25-46)95-65(105)54(40-45-22-9-5-10-23-45)93-59(99)47(73)39-44-20-7-4-8-21-44)63(103)90-50(28-16-34-84-69(77)78)61(101)89-49(27-15-33-83-68(75)76)60(100)87-43(3)58(98)92-52(30-18-36-86-71(81)82)67(107)96-37-19-31-56(96)66(106)88-48(57(74)97)26-13-14-32-72/h4-12,20-25,42-43,47-56H,13-19,26-41,72-73H2,1-3H3,(H2,74,97)(H,87,100)(H,88,106)(H,89,101)(H,90,103)(H,91,104)(H,92,98)(H,93,99)(H,94,102)(H,95,105)(H4,75,76,83)(H4,77,78,84)(H4,79,80,85)(H4,81,82,86)/t43-,47+,48+,49+,50+,51+,52+,53+,54+,55+,56+/m1/s1. The smallest absolute Gasteiger partial charge is 0.245 e. The highest BCUT2D eigenvalue weighted by molar-refractivity contribution is 5.99. The van der Waals surface area contributed by atoms with Gasteiger partial charge in [-0.05, 0) is 132 Å². The summed E-state index contributed by atoms with van der Waals surface area (Å²) in [4.78, 5) is 174. The lowest BCUT2D eigenvalue weighted by molar-refractivity contribution is -0.142. The number of benzene rings is 3. The third-order valence-electron chi connectivity index (χ3n) is 17.3. The lowest BCUT2D eigenvalue weighted by Crippen LogP contribution is -2.61. The Labute approximate surface area is 624 Å². The van der Waals surface area contributed by atoms with Crippen LogP contribution in [-0.2, 0) is 72.0 Å². The first kappa shape index (κ1) is 88.2. The van der Waals surface area contributed by atoms with Crippen molar-refractivity contribution in [2.24, 2.45) is 89.0 Å². The molecule has 31 N–H and O–H groups in total. The molecule has 0 unspecified atom stereocenters. The Balaban J connectivity index is 1.64. The number of aliphatic imine (C=N–C) groups is 4. The van der Waals surface area contributed by atoms with E-state index in [0.29, 0.717) is 36.9 Å². The van der Waals surface area contributed by atoms with Crippen LogP contribution in [0.2, 0.25) is 0 Å². The maximum atomic E-state index is 14.9. The van der Waals surface area contributed by atoms with Gasteiger partial charge in [-0.1, -0.05) is 105 Å². The zero-order valence-electron chi connectivity index (χ0n) is 61.4. The van der Waals surface area contributed by atoms with Gasteiger partial charge in [-0.15, -0.1) is 0 Å². The van der Waals surface area contributed by atoms with Gasteiger partial charge in [-0.2, -0.15) is 0 Å². The fourth-order valence-corrected chi connectivity index (χ4v) is 11.7. The van der Waals surface area contributed by atoms with Crippen molar-refractivity contribution in [3.63, 3.8) is 0 Å². The average Bonchev–Trinajstić information content (AvgIpc) is 1.73. The number of primary amides is 1. The molecule has 3 aromatic carbocycles. The number of amides is 11. The van der Waals surface area contributed by atoms with Gasteiger partial charge in [0.25, 0.3) is 0 Å². The molecule has 11 amide bonds. The summed E-state index contributed by atoms with van der Waals surface area (Å²) in [5, 5.41) is 24.6. The van der Waals surface area contributed by atoms with Crippen molar-refractivity contribution in [2.75, 3.05) is 39.3 Å². The van der Waals surface area contributed by atoms with Crippen molar-refractivity contribution in [1.82, 2.24) is 52.8 Å². The summed E-state index contributed by atoms with van der Waals surface area (Å²) in [6.07, 6.45) is 2.06. The van der Waals surface area contributed by atoms with Crippen LogP contribution in [0, 0.1) is 5.92 Å². The number of carbonyl (C=O) groups is 11. The van der Waals surface area contributed by atoms with E-state index in [0.717, 1.165) is 5.56 Å². The third-order valence-corrected chi connectivity index (χ3v) is 17.3. The van der Waals surface area contributed by atoms with Crippen molar-refractivity contribution in [1.29, 1.82) is 0 Å². The van der Waals surface area contributed by atoms with Gasteiger partial charge in [0.15, 0.2) is 23.8 Å². The van der Waals surface area contributed by atoms with Crippen LogP contribution in [0.3, 0.4) is 0 Å². The normalized spacial score (nSPS) is 15.2. The lowest BCUT2D eigenvalue weighted by atomic mass is 10.00. The number of hydrogen-bond acceptors (Lipinski definition) is 17. The van der Waals surface area contributed by atoms with E-state index in [1.54, 1.807) is 74.5 Å². The van der Waals surface area contributed by atoms with E-state index in [2.05, 4.69) is 67.8 Å². The molecule has 0 bridgehead atoms. The fourth-order valence-electron chi connectivity index (χ4n) is 11.7. The third kappa shape index (κ3) is 33.7. The minimum atomic E-state index is -1.47. The van der Waals surface area contributed by atoms with Gasteiger partial charge in [0.2, 0.25) is 65.0 Å². The van der Waals surface area contributed by atoms with Crippen molar-refractivity contribution < 1.29 is 52.7 Å². The maximum Gasteiger partial charge on any atom is 0.245 e. The van der Waals surface area contributed by atoms with Gasteiger partial charge in [-0.25, -0.2) is 0 Å². The van der Waals surface area contributed by atoms with E-state index < -0.39 is 131 Å². The zero-order chi connectivity index (χ0) is 79.0. The number of guanidine groups is 4. The second kappa shape index (κ2) is 47.3. The molecule has 1 fully saturated rings. The highest BCUT2D eigenvalue weighted by atomic mass is 16.2. The van der Waals surface area contributed by atoms with Gasteiger partial charge in [0.1, 0.15) is 60.4 Å². The molecule has 11 atom stereocenters. The Hall–Kier alpha value is -11.2. The number of likely N-dealkylation sites (tertiary alicyclic amines) is 1. The summed E-state index contributed by atoms with van der Waals surface area (Å²) in [6.45, 7) is 5.43. The summed E-state index contributed by atoms with van der Waals surface area (Å²) in [5.74, 6) is -9.81. The minimum Gasteiger partial charge on any atom is -0.370 e. The maximum absolute atomic E-state index is 14.9. The quantitative estimate of drug-likeness (QED) is 0.0143. The Morgan fingerprint density at radius 1 is 0.402 bits per heavy atom. The number of nitrogens with zero attached hydrogens (tertiary/aromatic N) is 5. The molecule has 0 aliphatic carbocycles. The van der Waals surface area contributed by atoms with E-state index >= 15 is 0 Å². The topological polar surface area (TPSA) is 635 Å². The van der Waals surface area contributed by atoms with Crippen LogP contribution in [0.5, 0.6) is 0 Å². The largest absolute Gasteiger partial charge is 0.370 e. The molecule has 1 aliphatic heterocycles. The Kier molecular flexibility index (Phi) is 39.0. The first-order chi connectivity index (χ1) is 51.0. The van der Waals surface area contributed by atoms with Crippen LogP contribution in [0.15, 0.2) is 111 Å². The van der Waals surface area contributed by atoms with E-state index in [-0.39, 0.29) is 152 Å². The van der Waals surface area contributed by atoms with E-state index in [9.17, 15) is 52.7 Å². The predicted octanol–water partition coefficient (Wildman–Crippen LogP) is -4.71. The predicted molar refractivity (Wildman–Crippen MR) is 407 cm³/mol. The molecule has 3 aromatic rings. The molecule has 1 saturated heterocycles. The van der Waals surface area contributed by atoms with Gasteiger partial charge in [-0.3, -0.25) is 72.7 Å². The Bertz CT molecular complexity index is 3480. The molecule has 36 nitrogen and oxygen atoms in total. The number of carbonyl (C=O) groups excluding carboxylic acids is 11. The molecule has 1 heterocycles. The monoisotopic (exact) mass is 1490 g/mol.